The van der Waals surface area contributed by atoms with Crippen molar-refractivity contribution in [1.82, 2.24) is 0 Å². The van der Waals surface area contributed by atoms with Gasteiger partial charge in [0.1, 0.15) is 0 Å². The Morgan fingerprint density at radius 3 is 1.79 bits per heavy atom. The van der Waals surface area contributed by atoms with E-state index in [-0.39, 0.29) is 5.41 Å². The van der Waals surface area contributed by atoms with Crippen LogP contribution in [0.1, 0.15) is 46.2 Å². The Hall–Kier alpha value is -2.34. The van der Waals surface area contributed by atoms with Crippen molar-refractivity contribution in [2.45, 2.75) is 38.5 Å². The fourth-order valence-electron chi connectivity index (χ4n) is 4.28. The molecular weight excluding hydrogens is 288 g/mol. The second-order valence-corrected chi connectivity index (χ2v) is 7.15. The Kier molecular flexibility index (Phi) is 3.76. The van der Waals surface area contributed by atoms with Gasteiger partial charge in [0.05, 0.1) is 0 Å². The maximum Gasteiger partial charge on any atom is 0.0454 e. The molecule has 0 bridgehead atoms. The molecule has 0 aromatic heterocycles. The first-order valence-corrected chi connectivity index (χ1v) is 8.93. The van der Waals surface area contributed by atoms with E-state index in [0.717, 1.165) is 0 Å². The fourth-order valence-corrected chi connectivity index (χ4v) is 4.28. The van der Waals surface area contributed by atoms with Crippen molar-refractivity contribution in [3.05, 3.63) is 106 Å². The zero-order chi connectivity index (χ0) is 16.6. The third-order valence-corrected chi connectivity index (χ3v) is 5.56. The highest BCUT2D eigenvalue weighted by Crippen LogP contribution is 2.47. The second-order valence-electron chi connectivity index (χ2n) is 7.15. The molecule has 120 valence electrons. The van der Waals surface area contributed by atoms with Gasteiger partial charge in [-0.05, 0) is 55.4 Å². The van der Waals surface area contributed by atoms with E-state index in [1.165, 1.54) is 52.6 Å². The number of rotatable bonds is 2. The SMILES string of the molecule is Cc1ccc(C2(c3ccc(C)cc3)CCCc3ccccc32)cc1. The predicted octanol–water partition coefficient (Wildman–Crippen LogP) is 5.97. The summed E-state index contributed by atoms with van der Waals surface area (Å²) < 4.78 is 0. The summed E-state index contributed by atoms with van der Waals surface area (Å²) in [7, 11) is 0. The van der Waals surface area contributed by atoms with Gasteiger partial charge in [-0.1, -0.05) is 83.9 Å². The molecule has 0 N–H and O–H groups in total. The van der Waals surface area contributed by atoms with Crippen LogP contribution in [0.4, 0.5) is 0 Å². The average molecular weight is 312 g/mol. The van der Waals surface area contributed by atoms with E-state index in [4.69, 9.17) is 0 Å². The summed E-state index contributed by atoms with van der Waals surface area (Å²) in [5.41, 5.74) is 8.46. The van der Waals surface area contributed by atoms with Crippen LogP contribution >= 0.6 is 0 Å². The van der Waals surface area contributed by atoms with Gasteiger partial charge in [-0.15, -0.1) is 0 Å². The smallest absolute Gasteiger partial charge is 0.0454 e. The van der Waals surface area contributed by atoms with Crippen molar-refractivity contribution in [2.24, 2.45) is 0 Å². The van der Waals surface area contributed by atoms with Crippen LogP contribution in [0.3, 0.4) is 0 Å². The molecule has 0 fully saturated rings. The lowest BCUT2D eigenvalue weighted by Gasteiger charge is -2.40. The summed E-state index contributed by atoms with van der Waals surface area (Å²) in [6.45, 7) is 4.33. The summed E-state index contributed by atoms with van der Waals surface area (Å²) in [6, 6.07) is 27.4. The second kappa shape index (κ2) is 5.94. The molecule has 1 aliphatic rings. The molecule has 4 rings (SSSR count). The predicted molar refractivity (Wildman–Crippen MR) is 102 cm³/mol. The van der Waals surface area contributed by atoms with Gasteiger partial charge in [0.25, 0.3) is 0 Å². The van der Waals surface area contributed by atoms with E-state index in [1.54, 1.807) is 0 Å². The van der Waals surface area contributed by atoms with E-state index < -0.39 is 0 Å². The molecule has 0 radical (unpaired) electrons. The highest BCUT2D eigenvalue weighted by Gasteiger charge is 2.39. The fraction of sp³-hybridized carbons (Fsp3) is 0.250. The van der Waals surface area contributed by atoms with E-state index in [1.807, 2.05) is 0 Å². The van der Waals surface area contributed by atoms with E-state index in [0.29, 0.717) is 0 Å². The highest BCUT2D eigenvalue weighted by atomic mass is 14.4. The average Bonchev–Trinajstić information content (AvgIpc) is 2.62. The first-order valence-electron chi connectivity index (χ1n) is 8.93. The standard InChI is InChI=1S/C24H24/c1-18-9-13-21(14-10-18)24(22-15-11-19(2)12-16-22)17-5-7-20-6-3-4-8-23(20)24/h3-4,6,8-16H,5,7,17H2,1-2H3. The Morgan fingerprint density at radius 1 is 0.667 bits per heavy atom. The largest absolute Gasteiger partial charge is 0.0620 e. The van der Waals surface area contributed by atoms with Gasteiger partial charge in [-0.25, -0.2) is 0 Å². The zero-order valence-corrected chi connectivity index (χ0v) is 14.5. The number of hydrogen-bond acceptors (Lipinski definition) is 0. The topological polar surface area (TPSA) is 0 Å². The molecule has 0 saturated carbocycles. The van der Waals surface area contributed by atoms with Crippen LogP contribution in [-0.2, 0) is 11.8 Å². The number of fused-ring (bicyclic) bond motifs is 1. The third kappa shape index (κ3) is 2.38. The Labute approximate surface area is 145 Å². The molecule has 0 spiro atoms. The summed E-state index contributed by atoms with van der Waals surface area (Å²) in [4.78, 5) is 0. The minimum absolute atomic E-state index is 0.0176. The third-order valence-electron chi connectivity index (χ3n) is 5.56. The lowest BCUT2D eigenvalue weighted by Crippen LogP contribution is -2.33. The van der Waals surface area contributed by atoms with Gasteiger partial charge in [-0.2, -0.15) is 0 Å². The van der Waals surface area contributed by atoms with E-state index in [9.17, 15) is 0 Å². The van der Waals surface area contributed by atoms with Crippen LogP contribution in [0.25, 0.3) is 0 Å². The normalized spacial score (nSPS) is 15.8. The summed E-state index contributed by atoms with van der Waals surface area (Å²) in [5.74, 6) is 0. The lowest BCUT2D eigenvalue weighted by molar-refractivity contribution is 0.497. The summed E-state index contributed by atoms with van der Waals surface area (Å²) in [5, 5.41) is 0. The molecular formula is C24H24. The van der Waals surface area contributed by atoms with Crippen molar-refractivity contribution in [3.8, 4) is 0 Å². The van der Waals surface area contributed by atoms with E-state index >= 15 is 0 Å². The van der Waals surface area contributed by atoms with Crippen LogP contribution in [0.15, 0.2) is 72.8 Å². The van der Waals surface area contributed by atoms with Crippen molar-refractivity contribution in [2.75, 3.05) is 0 Å². The van der Waals surface area contributed by atoms with Crippen molar-refractivity contribution in [1.29, 1.82) is 0 Å². The molecule has 0 unspecified atom stereocenters. The van der Waals surface area contributed by atoms with Gasteiger partial charge in [0.15, 0.2) is 0 Å². The number of benzene rings is 3. The molecule has 0 heterocycles. The summed E-state index contributed by atoms with van der Waals surface area (Å²) >= 11 is 0. The van der Waals surface area contributed by atoms with Crippen LogP contribution in [0.5, 0.6) is 0 Å². The van der Waals surface area contributed by atoms with Gasteiger partial charge in [0, 0.05) is 5.41 Å². The molecule has 0 saturated heterocycles. The quantitative estimate of drug-likeness (QED) is 0.546. The van der Waals surface area contributed by atoms with Crippen LogP contribution in [0, 0.1) is 13.8 Å². The maximum atomic E-state index is 2.34. The minimum atomic E-state index is -0.0176. The first-order chi connectivity index (χ1) is 11.7. The van der Waals surface area contributed by atoms with Gasteiger partial charge in [-0.3, -0.25) is 0 Å². The van der Waals surface area contributed by atoms with Crippen molar-refractivity contribution < 1.29 is 0 Å². The zero-order valence-electron chi connectivity index (χ0n) is 14.5. The molecule has 0 aliphatic heterocycles. The summed E-state index contributed by atoms with van der Waals surface area (Å²) in [6.07, 6.45) is 3.60. The van der Waals surface area contributed by atoms with Gasteiger partial charge >= 0.3 is 0 Å². The van der Waals surface area contributed by atoms with Crippen LogP contribution < -0.4 is 0 Å². The molecule has 3 aromatic carbocycles. The highest BCUT2D eigenvalue weighted by molar-refractivity contribution is 5.54. The Bertz CT molecular complexity index is 792. The molecule has 0 nitrogen and oxygen atoms in total. The Morgan fingerprint density at radius 2 is 1.21 bits per heavy atom. The molecule has 3 aromatic rings. The molecule has 0 heteroatoms. The minimum Gasteiger partial charge on any atom is -0.0620 e. The monoisotopic (exact) mass is 312 g/mol. The van der Waals surface area contributed by atoms with E-state index in [2.05, 4.69) is 86.6 Å². The molecule has 0 amide bonds. The number of hydrogen-bond donors (Lipinski definition) is 0. The van der Waals surface area contributed by atoms with Crippen LogP contribution in [-0.4, -0.2) is 0 Å². The first kappa shape index (κ1) is 15.2. The van der Waals surface area contributed by atoms with Crippen molar-refractivity contribution >= 4 is 0 Å². The maximum absolute atomic E-state index is 2.34. The van der Waals surface area contributed by atoms with Gasteiger partial charge in [0.2, 0.25) is 0 Å². The number of aryl methyl sites for hydroxylation is 3. The van der Waals surface area contributed by atoms with Crippen LogP contribution in [0.2, 0.25) is 0 Å². The Balaban J connectivity index is 2.01. The molecule has 1 aliphatic carbocycles. The molecule has 0 atom stereocenters. The molecule has 24 heavy (non-hydrogen) atoms. The lowest BCUT2D eigenvalue weighted by atomic mass is 9.62. The van der Waals surface area contributed by atoms with Crippen molar-refractivity contribution in [3.63, 3.8) is 0 Å². The van der Waals surface area contributed by atoms with Gasteiger partial charge < -0.3 is 0 Å².